The zero-order chi connectivity index (χ0) is 15.8. The van der Waals surface area contributed by atoms with Crippen LogP contribution in [0.15, 0.2) is 18.2 Å². The van der Waals surface area contributed by atoms with Gasteiger partial charge < -0.3 is 15.2 Å². The van der Waals surface area contributed by atoms with Crippen molar-refractivity contribution in [2.45, 2.75) is 52.2 Å². The maximum absolute atomic E-state index is 13.3. The van der Waals surface area contributed by atoms with Crippen LogP contribution >= 0.6 is 0 Å². The summed E-state index contributed by atoms with van der Waals surface area (Å²) in [7, 11) is 0. The Hall–Kier alpha value is -1.62. The Morgan fingerprint density at radius 3 is 2.71 bits per heavy atom. The lowest BCUT2D eigenvalue weighted by atomic mass is 10.1. The zero-order valence-corrected chi connectivity index (χ0v) is 12.9. The first kappa shape index (κ1) is 17.4. The van der Waals surface area contributed by atoms with Gasteiger partial charge in [-0.3, -0.25) is 4.79 Å². The number of halogens is 1. The summed E-state index contributed by atoms with van der Waals surface area (Å²) >= 11 is 0. The van der Waals surface area contributed by atoms with E-state index in [1.807, 2.05) is 0 Å². The molecule has 0 bridgehead atoms. The molecule has 0 heterocycles. The average molecular weight is 297 g/mol. The molecule has 5 heteroatoms. The molecule has 0 aromatic heterocycles. The van der Waals surface area contributed by atoms with Gasteiger partial charge in [0, 0.05) is 18.2 Å². The van der Waals surface area contributed by atoms with Crippen LogP contribution in [0.4, 0.5) is 4.39 Å². The normalized spacial score (nSPS) is 13.6. The molecule has 1 aromatic rings. The standard InChI is InChI=1S/C16H24FNO3/c1-4-5-6-9-18-16(20)12(3)21-15-10-13(17)7-8-14(15)11(2)19/h7-8,10-12,19H,4-6,9H2,1-3H3,(H,18,20)/t11-,12?/m0/s1. The summed E-state index contributed by atoms with van der Waals surface area (Å²) in [6, 6.07) is 3.90. The van der Waals surface area contributed by atoms with Crippen molar-refractivity contribution in [3.63, 3.8) is 0 Å². The first-order chi connectivity index (χ1) is 9.95. The molecule has 0 fully saturated rings. The number of unbranched alkanes of at least 4 members (excludes halogenated alkanes) is 2. The van der Waals surface area contributed by atoms with E-state index in [1.54, 1.807) is 13.8 Å². The molecule has 0 aliphatic carbocycles. The van der Waals surface area contributed by atoms with Gasteiger partial charge in [0.15, 0.2) is 6.10 Å². The third-order valence-corrected chi connectivity index (χ3v) is 3.18. The second kappa shape index (κ2) is 8.62. The summed E-state index contributed by atoms with van der Waals surface area (Å²) in [6.07, 6.45) is 1.54. The van der Waals surface area contributed by atoms with Crippen LogP contribution in [0.25, 0.3) is 0 Å². The summed E-state index contributed by atoms with van der Waals surface area (Å²) in [4.78, 5) is 11.9. The van der Waals surface area contributed by atoms with Gasteiger partial charge in [-0.2, -0.15) is 0 Å². The van der Waals surface area contributed by atoms with Gasteiger partial charge in [0.1, 0.15) is 11.6 Å². The van der Waals surface area contributed by atoms with Crippen molar-refractivity contribution in [1.82, 2.24) is 5.32 Å². The van der Waals surface area contributed by atoms with Crippen molar-refractivity contribution in [2.24, 2.45) is 0 Å². The fraction of sp³-hybridized carbons (Fsp3) is 0.562. The molecule has 0 radical (unpaired) electrons. The molecule has 0 saturated heterocycles. The molecule has 0 spiro atoms. The predicted molar refractivity (Wildman–Crippen MR) is 79.7 cm³/mol. The van der Waals surface area contributed by atoms with Crippen LogP contribution in [0, 0.1) is 5.82 Å². The minimum atomic E-state index is -0.791. The maximum Gasteiger partial charge on any atom is 0.260 e. The molecule has 0 aliphatic rings. The minimum absolute atomic E-state index is 0.196. The number of aliphatic hydroxyl groups is 1. The van der Waals surface area contributed by atoms with E-state index in [4.69, 9.17) is 4.74 Å². The lowest BCUT2D eigenvalue weighted by Gasteiger charge is -2.18. The molecule has 118 valence electrons. The van der Waals surface area contributed by atoms with E-state index < -0.39 is 18.0 Å². The summed E-state index contributed by atoms with van der Waals surface area (Å²) in [6.45, 7) is 5.86. The second-order valence-corrected chi connectivity index (χ2v) is 5.12. The first-order valence-electron chi connectivity index (χ1n) is 7.37. The highest BCUT2D eigenvalue weighted by molar-refractivity contribution is 5.80. The summed E-state index contributed by atoms with van der Waals surface area (Å²) < 4.78 is 18.8. The highest BCUT2D eigenvalue weighted by atomic mass is 19.1. The van der Waals surface area contributed by atoms with Gasteiger partial charge in [0.05, 0.1) is 6.10 Å². The van der Waals surface area contributed by atoms with Crippen LogP contribution in [0.2, 0.25) is 0 Å². The van der Waals surface area contributed by atoms with E-state index in [9.17, 15) is 14.3 Å². The van der Waals surface area contributed by atoms with Crippen LogP contribution in [0.5, 0.6) is 5.75 Å². The number of rotatable bonds is 8. The zero-order valence-electron chi connectivity index (χ0n) is 12.9. The molecule has 0 saturated carbocycles. The lowest BCUT2D eigenvalue weighted by molar-refractivity contribution is -0.127. The summed E-state index contributed by atoms with van der Waals surface area (Å²) in [5, 5.41) is 12.4. The van der Waals surface area contributed by atoms with Gasteiger partial charge in [-0.15, -0.1) is 0 Å². The molecule has 1 aromatic carbocycles. The van der Waals surface area contributed by atoms with E-state index >= 15 is 0 Å². The summed E-state index contributed by atoms with van der Waals surface area (Å²) in [5.74, 6) is -0.516. The summed E-state index contributed by atoms with van der Waals surface area (Å²) in [5.41, 5.74) is 0.460. The van der Waals surface area contributed by atoms with Crippen molar-refractivity contribution in [1.29, 1.82) is 0 Å². The smallest absolute Gasteiger partial charge is 0.260 e. The quantitative estimate of drug-likeness (QED) is 0.725. The second-order valence-electron chi connectivity index (χ2n) is 5.12. The molecule has 1 unspecified atom stereocenters. The number of hydrogen-bond donors (Lipinski definition) is 2. The molecule has 4 nitrogen and oxygen atoms in total. The predicted octanol–water partition coefficient (Wildman–Crippen LogP) is 2.95. The number of amides is 1. The van der Waals surface area contributed by atoms with Crippen LogP contribution < -0.4 is 10.1 Å². The van der Waals surface area contributed by atoms with Crippen LogP contribution in [0.1, 0.15) is 51.7 Å². The van der Waals surface area contributed by atoms with Gasteiger partial charge in [-0.25, -0.2) is 4.39 Å². The Bertz CT molecular complexity index is 463. The van der Waals surface area contributed by atoms with E-state index in [1.165, 1.54) is 18.2 Å². The molecule has 21 heavy (non-hydrogen) atoms. The Balaban J connectivity index is 2.63. The number of hydrogen-bond acceptors (Lipinski definition) is 3. The minimum Gasteiger partial charge on any atom is -0.480 e. The molecule has 0 aliphatic heterocycles. The van der Waals surface area contributed by atoms with Gasteiger partial charge in [-0.1, -0.05) is 19.8 Å². The monoisotopic (exact) mass is 297 g/mol. The van der Waals surface area contributed by atoms with E-state index in [-0.39, 0.29) is 11.7 Å². The number of carbonyl (C=O) groups is 1. The van der Waals surface area contributed by atoms with Gasteiger partial charge >= 0.3 is 0 Å². The van der Waals surface area contributed by atoms with Crippen molar-refractivity contribution in [2.75, 3.05) is 6.54 Å². The van der Waals surface area contributed by atoms with Crippen molar-refractivity contribution < 1.29 is 19.0 Å². The van der Waals surface area contributed by atoms with E-state index in [2.05, 4.69) is 12.2 Å². The Kier molecular flexibility index (Phi) is 7.15. The number of nitrogens with one attached hydrogen (secondary N) is 1. The van der Waals surface area contributed by atoms with Gasteiger partial charge in [0.25, 0.3) is 5.91 Å². The Morgan fingerprint density at radius 1 is 1.38 bits per heavy atom. The van der Waals surface area contributed by atoms with Crippen molar-refractivity contribution >= 4 is 5.91 Å². The van der Waals surface area contributed by atoms with Crippen LogP contribution in [-0.2, 0) is 4.79 Å². The fourth-order valence-electron chi connectivity index (χ4n) is 1.93. The van der Waals surface area contributed by atoms with Gasteiger partial charge in [-0.05, 0) is 32.4 Å². The Labute approximate surface area is 125 Å². The third-order valence-electron chi connectivity index (χ3n) is 3.18. The average Bonchev–Trinajstić information content (AvgIpc) is 2.43. The van der Waals surface area contributed by atoms with Crippen LogP contribution in [0.3, 0.4) is 0 Å². The molecule has 2 N–H and O–H groups in total. The van der Waals surface area contributed by atoms with E-state index in [0.717, 1.165) is 19.3 Å². The lowest BCUT2D eigenvalue weighted by Crippen LogP contribution is -2.37. The van der Waals surface area contributed by atoms with E-state index in [0.29, 0.717) is 12.1 Å². The number of ether oxygens (including phenoxy) is 1. The molecular weight excluding hydrogens is 273 g/mol. The molecule has 1 amide bonds. The fourth-order valence-corrected chi connectivity index (χ4v) is 1.93. The topological polar surface area (TPSA) is 58.6 Å². The highest BCUT2D eigenvalue weighted by Crippen LogP contribution is 2.26. The van der Waals surface area contributed by atoms with Crippen LogP contribution in [-0.4, -0.2) is 23.7 Å². The molecule has 1 rings (SSSR count). The third kappa shape index (κ3) is 5.71. The molecule has 2 atom stereocenters. The van der Waals surface area contributed by atoms with Gasteiger partial charge in [0.2, 0.25) is 0 Å². The SMILES string of the molecule is CCCCCNC(=O)C(C)Oc1cc(F)ccc1[C@H](C)O. The number of carbonyl (C=O) groups excluding carboxylic acids is 1. The largest absolute Gasteiger partial charge is 0.480 e. The number of benzene rings is 1. The maximum atomic E-state index is 13.3. The van der Waals surface area contributed by atoms with Crippen molar-refractivity contribution in [3.8, 4) is 5.75 Å². The highest BCUT2D eigenvalue weighted by Gasteiger charge is 2.18. The first-order valence-corrected chi connectivity index (χ1v) is 7.37. The Morgan fingerprint density at radius 2 is 2.10 bits per heavy atom. The van der Waals surface area contributed by atoms with Crippen molar-refractivity contribution in [3.05, 3.63) is 29.6 Å². The molecular formula is C16H24FNO3. The number of aliphatic hydroxyl groups excluding tert-OH is 1.